The lowest BCUT2D eigenvalue weighted by molar-refractivity contribution is -0.144. The second-order valence-corrected chi connectivity index (χ2v) is 5.56. The molecule has 18 heavy (non-hydrogen) atoms. The molecule has 3 nitrogen and oxygen atoms in total. The van der Waals surface area contributed by atoms with Gasteiger partial charge in [0.05, 0.1) is 0 Å². The molecule has 0 spiro atoms. The Morgan fingerprint density at radius 1 is 1.50 bits per heavy atom. The zero-order valence-corrected chi connectivity index (χ0v) is 11.7. The van der Waals surface area contributed by atoms with Crippen LogP contribution in [0.4, 0.5) is 0 Å². The van der Waals surface area contributed by atoms with Gasteiger partial charge in [0.25, 0.3) is 0 Å². The molecule has 0 amide bonds. The molecule has 0 saturated heterocycles. The summed E-state index contributed by atoms with van der Waals surface area (Å²) in [5, 5.41) is 0. The zero-order valence-electron chi connectivity index (χ0n) is 11.7. The Morgan fingerprint density at radius 3 is 2.72 bits per heavy atom. The molecular formula is C15H22O3. The largest absolute Gasteiger partial charge is 0.457 e. The van der Waals surface area contributed by atoms with Crippen LogP contribution in [-0.4, -0.2) is 18.4 Å². The van der Waals surface area contributed by atoms with E-state index < -0.39 is 5.97 Å². The van der Waals surface area contributed by atoms with E-state index in [0.29, 0.717) is 0 Å². The van der Waals surface area contributed by atoms with E-state index in [-0.39, 0.29) is 23.7 Å². The molecule has 0 aromatic carbocycles. The first kappa shape index (κ1) is 14.7. The van der Waals surface area contributed by atoms with E-state index in [2.05, 4.69) is 31.6 Å². The third-order valence-corrected chi connectivity index (χ3v) is 3.48. The van der Waals surface area contributed by atoms with Crippen molar-refractivity contribution in [2.45, 2.75) is 40.5 Å². The third kappa shape index (κ3) is 4.13. The highest BCUT2D eigenvalue weighted by Crippen LogP contribution is 2.41. The van der Waals surface area contributed by atoms with Crippen LogP contribution in [0.5, 0.6) is 0 Å². The van der Waals surface area contributed by atoms with Crippen molar-refractivity contribution in [1.82, 2.24) is 0 Å². The Kier molecular flexibility index (Phi) is 4.88. The molecule has 1 aliphatic carbocycles. The minimum atomic E-state index is -0.425. The average Bonchev–Trinajstić information content (AvgIpc) is 2.24. The lowest BCUT2D eigenvalue weighted by atomic mass is 9.68. The van der Waals surface area contributed by atoms with Crippen molar-refractivity contribution in [2.24, 2.45) is 11.3 Å². The summed E-state index contributed by atoms with van der Waals surface area (Å²) in [5.74, 6) is -0.308. The fourth-order valence-corrected chi connectivity index (χ4v) is 2.41. The fourth-order valence-electron chi connectivity index (χ4n) is 2.41. The highest BCUT2D eigenvalue weighted by Gasteiger charge is 2.30. The number of ether oxygens (including phenoxy) is 1. The van der Waals surface area contributed by atoms with Crippen molar-refractivity contribution in [2.75, 3.05) is 6.61 Å². The van der Waals surface area contributed by atoms with Crippen molar-refractivity contribution in [1.29, 1.82) is 0 Å². The smallest absolute Gasteiger partial charge is 0.303 e. The molecule has 0 aromatic heterocycles. The highest BCUT2D eigenvalue weighted by molar-refractivity contribution is 5.91. The molecule has 0 N–H and O–H groups in total. The first-order valence-electron chi connectivity index (χ1n) is 6.34. The predicted molar refractivity (Wildman–Crippen MR) is 71.0 cm³/mol. The Bertz CT molecular complexity index is 389. The van der Waals surface area contributed by atoms with Gasteiger partial charge in [-0.2, -0.15) is 0 Å². The van der Waals surface area contributed by atoms with E-state index in [1.807, 2.05) is 6.08 Å². The predicted octanol–water partition coefficient (Wildman–Crippen LogP) is 3.06. The van der Waals surface area contributed by atoms with Crippen molar-refractivity contribution in [3.05, 3.63) is 23.8 Å². The van der Waals surface area contributed by atoms with Crippen LogP contribution < -0.4 is 0 Å². The lowest BCUT2D eigenvalue weighted by Gasteiger charge is -2.36. The maximum atomic E-state index is 11.5. The molecule has 0 fully saturated rings. The second-order valence-electron chi connectivity index (χ2n) is 5.56. The number of allylic oxidation sites excluding steroid dienone is 3. The van der Waals surface area contributed by atoms with Gasteiger partial charge in [-0.25, -0.2) is 0 Å². The topological polar surface area (TPSA) is 43.4 Å². The Hall–Kier alpha value is -1.38. The summed E-state index contributed by atoms with van der Waals surface area (Å²) in [5.41, 5.74) is 1.49. The highest BCUT2D eigenvalue weighted by atomic mass is 16.5. The van der Waals surface area contributed by atoms with Crippen LogP contribution in [0.25, 0.3) is 0 Å². The quantitative estimate of drug-likeness (QED) is 0.437. The Balaban J connectivity index is 2.64. The van der Waals surface area contributed by atoms with Crippen LogP contribution in [0.1, 0.15) is 40.5 Å². The van der Waals surface area contributed by atoms with Crippen LogP contribution in [0, 0.1) is 11.3 Å². The molecule has 1 aliphatic rings. The van der Waals surface area contributed by atoms with E-state index in [1.165, 1.54) is 18.6 Å². The minimum Gasteiger partial charge on any atom is -0.457 e. The molecule has 3 heteroatoms. The monoisotopic (exact) mass is 250 g/mol. The Morgan fingerprint density at radius 2 is 2.17 bits per heavy atom. The average molecular weight is 250 g/mol. The maximum absolute atomic E-state index is 11.5. The fraction of sp³-hybridized carbons (Fsp3) is 0.600. The van der Waals surface area contributed by atoms with Gasteiger partial charge >= 0.3 is 5.97 Å². The second kappa shape index (κ2) is 5.98. The minimum absolute atomic E-state index is 0.165. The van der Waals surface area contributed by atoms with Crippen LogP contribution in [-0.2, 0) is 14.3 Å². The molecular weight excluding hydrogens is 228 g/mol. The SMILES string of the molecule is CC(=O)OCC(=O)C=CC1C(C)=CCCC1(C)C. The van der Waals surface area contributed by atoms with Crippen molar-refractivity contribution < 1.29 is 14.3 Å². The van der Waals surface area contributed by atoms with Gasteiger partial charge in [0, 0.05) is 12.8 Å². The molecule has 1 unspecified atom stereocenters. The van der Waals surface area contributed by atoms with Gasteiger partial charge in [0.15, 0.2) is 12.4 Å². The number of carbonyl (C=O) groups is 2. The molecule has 1 rings (SSSR count). The first-order valence-corrected chi connectivity index (χ1v) is 6.34. The van der Waals surface area contributed by atoms with Gasteiger partial charge in [0.1, 0.15) is 0 Å². The van der Waals surface area contributed by atoms with Gasteiger partial charge in [-0.15, -0.1) is 0 Å². The summed E-state index contributed by atoms with van der Waals surface area (Å²) >= 11 is 0. The molecule has 0 bridgehead atoms. The van der Waals surface area contributed by atoms with Crippen molar-refractivity contribution >= 4 is 11.8 Å². The maximum Gasteiger partial charge on any atom is 0.303 e. The number of rotatable bonds is 4. The summed E-state index contributed by atoms with van der Waals surface area (Å²) < 4.78 is 4.67. The standard InChI is InChI=1S/C15H22O3/c1-11-6-5-9-15(3,4)14(11)8-7-13(17)10-18-12(2)16/h6-8,14H,5,9-10H2,1-4H3. The summed E-state index contributed by atoms with van der Waals surface area (Å²) in [7, 11) is 0. The normalized spacial score (nSPS) is 22.7. The number of hydrogen-bond donors (Lipinski definition) is 0. The molecule has 0 aromatic rings. The van der Waals surface area contributed by atoms with Crippen LogP contribution in [0.3, 0.4) is 0 Å². The van der Waals surface area contributed by atoms with Crippen molar-refractivity contribution in [3.8, 4) is 0 Å². The van der Waals surface area contributed by atoms with Crippen molar-refractivity contribution in [3.63, 3.8) is 0 Å². The van der Waals surface area contributed by atoms with E-state index in [1.54, 1.807) is 0 Å². The first-order chi connectivity index (χ1) is 8.33. The third-order valence-electron chi connectivity index (χ3n) is 3.48. The molecule has 0 heterocycles. The van der Waals surface area contributed by atoms with Gasteiger partial charge in [-0.1, -0.05) is 31.6 Å². The van der Waals surface area contributed by atoms with E-state index in [4.69, 9.17) is 0 Å². The molecule has 100 valence electrons. The number of ketones is 1. The summed E-state index contributed by atoms with van der Waals surface area (Å²) in [6, 6.07) is 0. The van der Waals surface area contributed by atoms with E-state index >= 15 is 0 Å². The molecule has 0 aliphatic heterocycles. The zero-order chi connectivity index (χ0) is 13.8. The van der Waals surface area contributed by atoms with Gasteiger partial charge in [-0.05, 0) is 31.3 Å². The van der Waals surface area contributed by atoms with E-state index in [0.717, 1.165) is 12.8 Å². The summed E-state index contributed by atoms with van der Waals surface area (Å²) in [6.45, 7) is 7.67. The van der Waals surface area contributed by atoms with Crippen LogP contribution in [0.2, 0.25) is 0 Å². The molecule has 1 atom stereocenters. The number of carbonyl (C=O) groups excluding carboxylic acids is 2. The van der Waals surface area contributed by atoms with Crippen LogP contribution >= 0.6 is 0 Å². The van der Waals surface area contributed by atoms with Crippen LogP contribution in [0.15, 0.2) is 23.8 Å². The van der Waals surface area contributed by atoms with E-state index in [9.17, 15) is 9.59 Å². The molecule has 0 radical (unpaired) electrons. The summed E-state index contributed by atoms with van der Waals surface area (Å²) in [6.07, 6.45) is 7.94. The van der Waals surface area contributed by atoms with Gasteiger partial charge in [0.2, 0.25) is 0 Å². The number of esters is 1. The van der Waals surface area contributed by atoms with Gasteiger partial charge < -0.3 is 4.74 Å². The molecule has 0 saturated carbocycles. The number of hydrogen-bond acceptors (Lipinski definition) is 3. The lowest BCUT2D eigenvalue weighted by Crippen LogP contribution is -2.26. The van der Waals surface area contributed by atoms with Gasteiger partial charge in [-0.3, -0.25) is 9.59 Å². The summed E-state index contributed by atoms with van der Waals surface area (Å²) in [4.78, 5) is 22.1. The Labute approximate surface area is 109 Å².